The van der Waals surface area contributed by atoms with Crippen molar-refractivity contribution < 1.29 is 37.4 Å². The van der Waals surface area contributed by atoms with Gasteiger partial charge in [0.25, 0.3) is 0 Å². The minimum atomic E-state index is -3.01. The quantitative estimate of drug-likeness (QED) is 0.130. The van der Waals surface area contributed by atoms with Gasteiger partial charge in [0.1, 0.15) is 23.3 Å². The van der Waals surface area contributed by atoms with E-state index in [4.69, 9.17) is 42.3 Å². The third-order valence-corrected chi connectivity index (χ3v) is 10.9. The molecule has 5 rings (SSSR count). The summed E-state index contributed by atoms with van der Waals surface area (Å²) in [6.07, 6.45) is 10.5. The molecule has 1 aromatic heterocycles. The second-order valence-electron chi connectivity index (χ2n) is 10.7. The number of halogens is 4. The van der Waals surface area contributed by atoms with Gasteiger partial charge in [0.05, 0.1) is 6.61 Å². The molecule has 3 aliphatic rings. The predicted octanol–water partition coefficient (Wildman–Crippen LogP) is 6.91. The van der Waals surface area contributed by atoms with E-state index in [2.05, 4.69) is 4.31 Å². The maximum absolute atomic E-state index is 13.7. The standard InChI is InChI=1S/C29H35Cl2F2N2O5S2/c1-37-34-15-22(30)21(23(31)16-34)14-25(19-9-10-24(40-29(32)33)26(13-19)38-17-18-7-8-18)39-28(36)27-35(11-12-41-27)42-20-5-3-2-4-6-20/h9-10,13,15-16,18,20,25,27,29H,2-8,11-12,14,17H2,1H3/q+1. The van der Waals surface area contributed by atoms with Crippen molar-refractivity contribution in [3.8, 4) is 11.5 Å². The molecule has 0 radical (unpaired) electrons. The number of hydrogen-bond donors (Lipinski definition) is 0. The first-order valence-electron chi connectivity index (χ1n) is 14.2. The summed E-state index contributed by atoms with van der Waals surface area (Å²) in [7, 11) is 1.49. The van der Waals surface area contributed by atoms with E-state index in [1.165, 1.54) is 37.2 Å². The number of carbonyl (C=O) groups is 1. The normalized spacial score (nSPS) is 20.5. The van der Waals surface area contributed by atoms with E-state index in [-0.39, 0.29) is 23.9 Å². The molecule has 42 heavy (non-hydrogen) atoms. The van der Waals surface area contributed by atoms with E-state index in [9.17, 15) is 13.6 Å². The number of rotatable bonds is 13. The minimum Gasteiger partial charge on any atom is -0.489 e. The number of hydrogen-bond acceptors (Lipinski definition) is 8. The molecule has 2 aliphatic carbocycles. The van der Waals surface area contributed by atoms with Crippen molar-refractivity contribution in [2.75, 3.05) is 26.0 Å². The van der Waals surface area contributed by atoms with E-state index in [1.54, 1.807) is 48.2 Å². The van der Waals surface area contributed by atoms with Gasteiger partial charge in [0.15, 0.2) is 16.9 Å². The van der Waals surface area contributed by atoms with Crippen molar-refractivity contribution in [3.63, 3.8) is 0 Å². The molecule has 2 saturated carbocycles. The highest BCUT2D eigenvalue weighted by Crippen LogP contribution is 2.41. The van der Waals surface area contributed by atoms with Crippen molar-refractivity contribution >= 4 is 52.9 Å². The summed E-state index contributed by atoms with van der Waals surface area (Å²) in [6, 6.07) is 4.64. The summed E-state index contributed by atoms with van der Waals surface area (Å²) in [5.74, 6) is 0.958. The van der Waals surface area contributed by atoms with Gasteiger partial charge in [0, 0.05) is 34.3 Å². The van der Waals surface area contributed by atoms with E-state index in [0.717, 1.165) is 38.0 Å². The van der Waals surface area contributed by atoms with Crippen LogP contribution in [0.2, 0.25) is 10.0 Å². The first kappa shape index (κ1) is 31.8. The smallest absolute Gasteiger partial charge is 0.387 e. The Morgan fingerprint density at radius 2 is 1.86 bits per heavy atom. The Balaban J connectivity index is 1.41. The second-order valence-corrected chi connectivity index (χ2v) is 14.0. The maximum atomic E-state index is 13.7. The molecule has 0 spiro atoms. The Kier molecular flexibility index (Phi) is 11.3. The molecule has 1 saturated heterocycles. The number of benzene rings is 1. The van der Waals surface area contributed by atoms with Gasteiger partial charge < -0.3 is 14.2 Å². The average molecular weight is 665 g/mol. The summed E-state index contributed by atoms with van der Waals surface area (Å²) in [5, 5.41) is 0.714. The molecule has 2 unspecified atom stereocenters. The van der Waals surface area contributed by atoms with Crippen LogP contribution in [0.4, 0.5) is 8.78 Å². The molecule has 2 atom stereocenters. The fourth-order valence-corrected chi connectivity index (χ4v) is 8.43. The molecular formula is C29H35Cl2F2N2O5S2+. The van der Waals surface area contributed by atoms with Gasteiger partial charge >= 0.3 is 12.6 Å². The highest BCUT2D eigenvalue weighted by molar-refractivity contribution is 8.03. The van der Waals surface area contributed by atoms with Crippen LogP contribution in [0.15, 0.2) is 30.6 Å². The molecule has 1 aliphatic heterocycles. The van der Waals surface area contributed by atoms with E-state index in [1.807, 2.05) is 0 Å². The maximum Gasteiger partial charge on any atom is 0.387 e. The lowest BCUT2D eigenvalue weighted by atomic mass is 10.0. The summed E-state index contributed by atoms with van der Waals surface area (Å²) >= 11 is 16.5. The molecular weight excluding hydrogens is 629 g/mol. The molecule has 2 aromatic rings. The van der Waals surface area contributed by atoms with Crippen LogP contribution in [0.5, 0.6) is 11.5 Å². The van der Waals surface area contributed by atoms with Crippen molar-refractivity contribution in [1.29, 1.82) is 0 Å². The number of pyridine rings is 1. The fourth-order valence-electron chi connectivity index (χ4n) is 5.08. The molecule has 7 nitrogen and oxygen atoms in total. The van der Waals surface area contributed by atoms with Gasteiger partial charge in [-0.05, 0) is 49.3 Å². The lowest BCUT2D eigenvalue weighted by molar-refractivity contribution is -0.885. The van der Waals surface area contributed by atoms with Gasteiger partial charge in [0.2, 0.25) is 12.4 Å². The van der Waals surface area contributed by atoms with Crippen molar-refractivity contribution in [1.82, 2.24) is 4.31 Å². The third kappa shape index (κ3) is 8.49. The fraction of sp³-hybridized carbons (Fsp3) is 0.586. The summed E-state index contributed by atoms with van der Waals surface area (Å²) in [6.45, 7) is -1.82. The Labute approximate surface area is 263 Å². The monoisotopic (exact) mass is 663 g/mol. The summed E-state index contributed by atoms with van der Waals surface area (Å²) in [4.78, 5) is 18.9. The Morgan fingerprint density at radius 3 is 2.52 bits per heavy atom. The Bertz CT molecular complexity index is 1210. The number of nitrogens with zero attached hydrogens (tertiary/aromatic N) is 2. The zero-order chi connectivity index (χ0) is 29.6. The number of alkyl halides is 2. The van der Waals surface area contributed by atoms with Crippen LogP contribution in [0, 0.1) is 5.92 Å². The van der Waals surface area contributed by atoms with E-state index in [0.29, 0.717) is 38.9 Å². The average Bonchev–Trinajstić information content (AvgIpc) is 3.69. The van der Waals surface area contributed by atoms with Crippen LogP contribution in [0.25, 0.3) is 0 Å². The minimum absolute atomic E-state index is 0.0715. The van der Waals surface area contributed by atoms with Crippen LogP contribution in [0.1, 0.15) is 62.2 Å². The summed E-state index contributed by atoms with van der Waals surface area (Å²) in [5.41, 5.74) is 1.12. The number of carbonyl (C=O) groups excluding carboxylic acids is 1. The Hall–Kier alpha value is -1.66. The Morgan fingerprint density at radius 1 is 1.12 bits per heavy atom. The van der Waals surface area contributed by atoms with Gasteiger partial charge in [-0.15, -0.1) is 11.8 Å². The molecule has 0 amide bonds. The largest absolute Gasteiger partial charge is 0.489 e. The third-order valence-electron chi connectivity index (χ3n) is 7.53. The van der Waals surface area contributed by atoms with Crippen LogP contribution in [-0.2, 0) is 16.0 Å². The molecule has 0 bridgehead atoms. The predicted molar refractivity (Wildman–Crippen MR) is 160 cm³/mol. The SMILES string of the molecule is CO[n+]1cc(Cl)c(CC(OC(=O)C2SCCN2SC2CCCCC2)c2ccc(OC(F)F)c(OCC3CC3)c2)c(Cl)c1. The van der Waals surface area contributed by atoms with Crippen LogP contribution >= 0.6 is 46.9 Å². The first-order valence-corrected chi connectivity index (χ1v) is 16.9. The van der Waals surface area contributed by atoms with E-state index >= 15 is 0 Å². The second kappa shape index (κ2) is 14.9. The molecule has 13 heteroatoms. The zero-order valence-electron chi connectivity index (χ0n) is 23.3. The molecule has 230 valence electrons. The van der Waals surface area contributed by atoms with Gasteiger partial charge in [-0.25, -0.2) is 9.10 Å². The van der Waals surface area contributed by atoms with Crippen LogP contribution in [0.3, 0.4) is 0 Å². The highest BCUT2D eigenvalue weighted by atomic mass is 35.5. The van der Waals surface area contributed by atoms with Gasteiger partial charge in [-0.3, -0.25) is 4.84 Å². The lowest BCUT2D eigenvalue weighted by Crippen LogP contribution is -2.40. The zero-order valence-corrected chi connectivity index (χ0v) is 26.5. The number of aromatic nitrogens is 1. The summed E-state index contributed by atoms with van der Waals surface area (Å²) < 4.78 is 46.7. The number of thioether (sulfide) groups is 1. The topological polar surface area (TPSA) is 61.1 Å². The molecule has 0 N–H and O–H groups in total. The lowest BCUT2D eigenvalue weighted by Gasteiger charge is -2.29. The number of ether oxygens (including phenoxy) is 3. The molecule has 2 heterocycles. The van der Waals surface area contributed by atoms with Crippen LogP contribution < -0.4 is 19.0 Å². The number of esters is 1. The molecule has 1 aromatic carbocycles. The first-order chi connectivity index (χ1) is 20.3. The van der Waals surface area contributed by atoms with Crippen molar-refractivity contribution in [2.24, 2.45) is 5.92 Å². The van der Waals surface area contributed by atoms with Crippen molar-refractivity contribution in [2.45, 2.75) is 74.7 Å². The highest BCUT2D eigenvalue weighted by Gasteiger charge is 2.37. The van der Waals surface area contributed by atoms with Crippen molar-refractivity contribution in [3.05, 3.63) is 51.8 Å². The van der Waals surface area contributed by atoms with Gasteiger partial charge in [-0.1, -0.05) is 60.5 Å². The molecule has 3 fully saturated rings. The van der Waals surface area contributed by atoms with Gasteiger partial charge in [-0.2, -0.15) is 8.78 Å². The van der Waals surface area contributed by atoms with E-state index < -0.39 is 18.1 Å². The van der Waals surface area contributed by atoms with Crippen LogP contribution in [-0.4, -0.2) is 53.5 Å².